The number of furan rings is 1. The number of rotatable bonds is 5. The van der Waals surface area contributed by atoms with Gasteiger partial charge in [-0.15, -0.1) is 0 Å². The van der Waals surface area contributed by atoms with E-state index in [1.54, 1.807) is 12.5 Å². The molecule has 44 heavy (non-hydrogen) atoms. The van der Waals surface area contributed by atoms with Gasteiger partial charge in [0.15, 0.2) is 0 Å². The molecule has 0 bridgehead atoms. The fraction of sp³-hybridized carbons (Fsp3) is 0.500. The molecule has 0 radical (unpaired) electrons. The Kier molecular flexibility index (Phi) is 14.6. The van der Waals surface area contributed by atoms with Gasteiger partial charge in [0.2, 0.25) is 0 Å². The van der Waals surface area contributed by atoms with Gasteiger partial charge in [-0.2, -0.15) is 39.5 Å². The Hall–Kier alpha value is -3.91. The summed E-state index contributed by atoms with van der Waals surface area (Å²) in [6.45, 7) is 6.09. The molecule has 4 heterocycles. The third kappa shape index (κ3) is 15.0. The zero-order chi connectivity index (χ0) is 33.7. The molecule has 0 aliphatic carbocycles. The van der Waals surface area contributed by atoms with Gasteiger partial charge in [-0.3, -0.25) is 14.8 Å². The number of fused-ring (bicyclic) bond motifs is 1. The first kappa shape index (κ1) is 38.1. The van der Waals surface area contributed by atoms with E-state index in [4.69, 9.17) is 38.9 Å². The van der Waals surface area contributed by atoms with Crippen LogP contribution in [0.25, 0.3) is 0 Å². The van der Waals surface area contributed by atoms with E-state index in [-0.39, 0.29) is 0 Å². The molecule has 2 aliphatic heterocycles. The van der Waals surface area contributed by atoms with E-state index in [9.17, 15) is 39.5 Å². The molecule has 0 amide bonds. The van der Waals surface area contributed by atoms with E-state index < -0.39 is 36.4 Å². The second-order valence-electron chi connectivity index (χ2n) is 8.95. The minimum absolute atomic E-state index is 0.342. The van der Waals surface area contributed by atoms with Crippen LogP contribution in [0.4, 0.5) is 39.5 Å². The lowest BCUT2D eigenvalue weighted by Gasteiger charge is -2.37. The molecule has 248 valence electrons. The van der Waals surface area contributed by atoms with E-state index in [1.165, 1.54) is 5.56 Å². The van der Waals surface area contributed by atoms with Crippen LogP contribution in [0.1, 0.15) is 17.5 Å². The summed E-state index contributed by atoms with van der Waals surface area (Å²) in [6.07, 6.45) is -6.50. The van der Waals surface area contributed by atoms with Crippen LogP contribution in [0, 0.1) is 0 Å². The van der Waals surface area contributed by atoms with Crippen molar-refractivity contribution in [2.75, 3.05) is 26.2 Å². The maximum absolute atomic E-state index is 10.6. The Morgan fingerprint density at radius 2 is 1.41 bits per heavy atom. The van der Waals surface area contributed by atoms with Gasteiger partial charge in [0, 0.05) is 56.7 Å². The molecule has 0 spiro atoms. The van der Waals surface area contributed by atoms with Gasteiger partial charge in [0.1, 0.15) is 0 Å². The Labute approximate surface area is 242 Å². The Morgan fingerprint density at radius 1 is 0.864 bits per heavy atom. The Morgan fingerprint density at radius 3 is 1.84 bits per heavy atom. The van der Waals surface area contributed by atoms with Crippen molar-refractivity contribution in [1.29, 1.82) is 0 Å². The third-order valence-electron chi connectivity index (χ3n) is 5.58. The average molecular weight is 655 g/mol. The minimum atomic E-state index is -5.08. The van der Waals surface area contributed by atoms with Gasteiger partial charge >= 0.3 is 36.4 Å². The van der Waals surface area contributed by atoms with E-state index in [0.717, 1.165) is 44.7 Å². The fourth-order valence-electron chi connectivity index (χ4n) is 3.66. The molecule has 2 fully saturated rings. The van der Waals surface area contributed by atoms with Crippen molar-refractivity contribution in [2.45, 2.75) is 50.2 Å². The van der Waals surface area contributed by atoms with E-state index in [1.807, 2.05) is 18.5 Å². The Bertz CT molecular complexity index is 1100. The quantitative estimate of drug-likeness (QED) is 0.400. The lowest BCUT2D eigenvalue weighted by molar-refractivity contribution is -0.193. The van der Waals surface area contributed by atoms with Gasteiger partial charge < -0.3 is 24.5 Å². The average Bonchev–Trinajstić information content (AvgIpc) is 3.57. The van der Waals surface area contributed by atoms with Crippen LogP contribution >= 0.6 is 0 Å². The van der Waals surface area contributed by atoms with E-state index in [2.05, 4.69) is 26.9 Å². The summed E-state index contributed by atoms with van der Waals surface area (Å²) in [5.74, 6) is -8.27. The van der Waals surface area contributed by atoms with Crippen LogP contribution in [0.3, 0.4) is 0 Å². The maximum atomic E-state index is 10.6. The highest BCUT2D eigenvalue weighted by Crippen LogP contribution is 2.25. The lowest BCUT2D eigenvalue weighted by Crippen LogP contribution is -2.49. The van der Waals surface area contributed by atoms with Gasteiger partial charge in [0.25, 0.3) is 0 Å². The highest BCUT2D eigenvalue weighted by atomic mass is 19.4. The number of hydrogen-bond acceptors (Lipinski definition) is 8. The zero-order valence-corrected chi connectivity index (χ0v) is 22.3. The molecule has 2 saturated heterocycles. The third-order valence-corrected chi connectivity index (χ3v) is 5.58. The number of halogens is 9. The summed E-state index contributed by atoms with van der Waals surface area (Å²) in [5, 5.41) is 21.4. The summed E-state index contributed by atoms with van der Waals surface area (Å²) in [6, 6.07) is 6.71. The van der Waals surface area contributed by atoms with Crippen molar-refractivity contribution < 1.29 is 78.4 Å². The topological polar surface area (TPSA) is 154 Å². The van der Waals surface area contributed by atoms with Gasteiger partial charge in [0.05, 0.1) is 25.2 Å². The van der Waals surface area contributed by atoms with Gasteiger partial charge in [-0.05, 0) is 24.1 Å². The minimum Gasteiger partial charge on any atom is -0.475 e. The first-order chi connectivity index (χ1) is 20.2. The van der Waals surface area contributed by atoms with E-state index in [0.29, 0.717) is 18.8 Å². The highest BCUT2D eigenvalue weighted by Gasteiger charge is 2.40. The first-order valence-corrected chi connectivity index (χ1v) is 12.1. The van der Waals surface area contributed by atoms with Crippen LogP contribution in [-0.4, -0.2) is 105 Å². The predicted octanol–water partition coefficient (Wildman–Crippen LogP) is 4.05. The fourth-order valence-corrected chi connectivity index (χ4v) is 3.66. The summed E-state index contributed by atoms with van der Waals surface area (Å²) in [7, 11) is 0. The van der Waals surface area contributed by atoms with Gasteiger partial charge in [-0.25, -0.2) is 14.4 Å². The number of carbonyl (C=O) groups is 3. The second kappa shape index (κ2) is 16.8. The molecule has 0 aromatic carbocycles. The molecule has 0 unspecified atom stereocenters. The summed E-state index contributed by atoms with van der Waals surface area (Å²) in [4.78, 5) is 35.9. The molecule has 3 N–H and O–H groups in total. The molecular weight excluding hydrogens is 629 g/mol. The number of piperazine rings is 1. The Balaban J connectivity index is 0.000000379. The van der Waals surface area contributed by atoms with Crippen LogP contribution < -0.4 is 0 Å². The molecule has 20 heteroatoms. The highest BCUT2D eigenvalue weighted by molar-refractivity contribution is 5.73. The number of aromatic nitrogens is 1. The van der Waals surface area contributed by atoms with Crippen molar-refractivity contribution in [3.05, 3.63) is 54.2 Å². The van der Waals surface area contributed by atoms with Crippen LogP contribution in [0.15, 0.2) is 47.5 Å². The summed E-state index contributed by atoms with van der Waals surface area (Å²) in [5.41, 5.74) is 2.42. The molecule has 2 aromatic heterocycles. The molecule has 11 nitrogen and oxygen atoms in total. The summed E-state index contributed by atoms with van der Waals surface area (Å²) >= 11 is 0. The number of carboxylic acid groups (broad SMARTS) is 3. The SMILES string of the molecule is O=C(O)C(F)(F)F.O=C(O)C(F)(F)F.O=C(O)C(F)(F)F.c1cncc(CO[C@H]2C[C@@H]3CN(Cc4ccoc4)CCN3C2)c1. The number of aliphatic carboxylic acids is 3. The number of carboxylic acids is 3. The second-order valence-corrected chi connectivity index (χ2v) is 8.95. The standard InChI is InChI=1S/C18H23N3O2.3C2HF3O2/c1-2-15(9-19-4-1)14-23-18-8-17-11-20(5-6-21(17)12-18)10-16-3-7-22-13-16;3*3-2(4,5)1(6)7/h1-4,7,9,13,17-18H,5-6,8,10-12,14H2;3*(H,6,7)/t17-,18+;;;/m1.../s1. The van der Waals surface area contributed by atoms with Crippen molar-refractivity contribution in [2.24, 2.45) is 0 Å². The smallest absolute Gasteiger partial charge is 0.475 e. The molecule has 4 rings (SSSR count). The number of alkyl halides is 9. The monoisotopic (exact) mass is 655 g/mol. The predicted molar refractivity (Wildman–Crippen MR) is 128 cm³/mol. The van der Waals surface area contributed by atoms with Crippen LogP contribution in [-0.2, 0) is 32.3 Å². The number of nitrogens with zero attached hydrogens (tertiary/aromatic N) is 3. The molecule has 2 aliphatic rings. The number of hydrogen-bond donors (Lipinski definition) is 3. The van der Waals surface area contributed by atoms with Crippen molar-refractivity contribution in [3.8, 4) is 0 Å². The maximum Gasteiger partial charge on any atom is 0.490 e. The van der Waals surface area contributed by atoms with Crippen LogP contribution in [0.2, 0.25) is 0 Å². The lowest BCUT2D eigenvalue weighted by atomic mass is 10.1. The van der Waals surface area contributed by atoms with Crippen molar-refractivity contribution in [1.82, 2.24) is 14.8 Å². The normalized spacial score (nSPS) is 18.8. The van der Waals surface area contributed by atoms with E-state index >= 15 is 0 Å². The molecule has 2 aromatic rings. The number of ether oxygens (including phenoxy) is 1. The largest absolute Gasteiger partial charge is 0.490 e. The molecule has 0 saturated carbocycles. The molecular formula is C24H26F9N3O8. The summed E-state index contributed by atoms with van der Waals surface area (Å²) < 4.78 is 106. The molecule has 2 atom stereocenters. The van der Waals surface area contributed by atoms with Crippen LogP contribution in [0.5, 0.6) is 0 Å². The number of pyridine rings is 1. The van der Waals surface area contributed by atoms with Gasteiger partial charge in [-0.1, -0.05) is 6.07 Å². The first-order valence-electron chi connectivity index (χ1n) is 12.1. The zero-order valence-electron chi connectivity index (χ0n) is 22.3. The van der Waals surface area contributed by atoms with Crippen molar-refractivity contribution >= 4 is 17.9 Å². The van der Waals surface area contributed by atoms with Crippen molar-refractivity contribution in [3.63, 3.8) is 0 Å².